The molecule has 3 heteroatoms. The minimum Gasteiger partial charge on any atom is -0.483 e. The van der Waals surface area contributed by atoms with Crippen molar-refractivity contribution in [3.63, 3.8) is 0 Å². The Bertz CT molecular complexity index is 611. The molecule has 1 aromatic carbocycles. The first-order valence-electron chi connectivity index (χ1n) is 6.14. The average Bonchev–Trinajstić information content (AvgIpc) is 2.80. The fourth-order valence-electron chi connectivity index (χ4n) is 2.24. The zero-order valence-electron chi connectivity index (χ0n) is 10.5. The highest BCUT2D eigenvalue weighted by Gasteiger charge is 2.20. The smallest absolute Gasteiger partial charge is 0.216 e. The lowest BCUT2D eigenvalue weighted by molar-refractivity contribution is 0.0921. The minimum atomic E-state index is 0.0160. The van der Waals surface area contributed by atoms with Crippen molar-refractivity contribution in [2.75, 3.05) is 6.61 Å². The summed E-state index contributed by atoms with van der Waals surface area (Å²) in [5, 5.41) is 0. The van der Waals surface area contributed by atoms with E-state index in [9.17, 15) is 4.79 Å². The van der Waals surface area contributed by atoms with Crippen LogP contribution < -0.4 is 4.74 Å². The second-order valence-electron chi connectivity index (χ2n) is 4.86. The predicted octanol–water partition coefficient (Wildman–Crippen LogP) is 3.18. The second kappa shape index (κ2) is 4.02. The number of aromatic nitrogens is 1. The molecule has 3 nitrogen and oxygen atoms in total. The highest BCUT2D eigenvalue weighted by molar-refractivity contribution is 5.97. The van der Waals surface area contributed by atoms with Crippen molar-refractivity contribution in [3.05, 3.63) is 47.8 Å². The molecule has 0 bridgehead atoms. The number of Topliss-reactive ketones (excluding diaryl/α,β-unsaturated/α-hetero) is 1. The van der Waals surface area contributed by atoms with Gasteiger partial charge in [0.15, 0.2) is 6.61 Å². The van der Waals surface area contributed by atoms with E-state index in [1.54, 1.807) is 0 Å². The molecule has 0 saturated heterocycles. The maximum Gasteiger partial charge on any atom is 0.216 e. The van der Waals surface area contributed by atoms with Gasteiger partial charge in [-0.25, -0.2) is 0 Å². The summed E-state index contributed by atoms with van der Waals surface area (Å²) < 4.78 is 7.48. The van der Waals surface area contributed by atoms with Gasteiger partial charge in [0.25, 0.3) is 0 Å². The maximum absolute atomic E-state index is 11.9. The highest BCUT2D eigenvalue weighted by Crippen LogP contribution is 2.30. The number of hydrogen-bond acceptors (Lipinski definition) is 2. The molecule has 1 aromatic heterocycles. The van der Waals surface area contributed by atoms with E-state index >= 15 is 0 Å². The summed E-state index contributed by atoms with van der Waals surface area (Å²) >= 11 is 0. The molecule has 3 rings (SSSR count). The zero-order chi connectivity index (χ0) is 12.7. The lowest BCUT2D eigenvalue weighted by Crippen LogP contribution is -2.10. The SMILES string of the molecule is CC(C)c1ccc2c(c1)-n1cccc1C(=O)CO2. The molecule has 0 fully saturated rings. The van der Waals surface area contributed by atoms with E-state index in [2.05, 4.69) is 26.0 Å². The molecule has 0 amide bonds. The number of rotatable bonds is 1. The van der Waals surface area contributed by atoms with Crippen LogP contribution >= 0.6 is 0 Å². The maximum atomic E-state index is 11.9. The molecule has 2 aromatic rings. The average molecular weight is 241 g/mol. The number of carbonyl (C=O) groups is 1. The Morgan fingerprint density at radius 1 is 1.28 bits per heavy atom. The van der Waals surface area contributed by atoms with Crippen LogP contribution in [0.25, 0.3) is 5.69 Å². The Labute approximate surface area is 106 Å². The molecule has 0 aliphatic carbocycles. The summed E-state index contributed by atoms with van der Waals surface area (Å²) in [4.78, 5) is 11.9. The Morgan fingerprint density at radius 3 is 2.89 bits per heavy atom. The van der Waals surface area contributed by atoms with Crippen molar-refractivity contribution in [2.24, 2.45) is 0 Å². The molecule has 0 N–H and O–H groups in total. The van der Waals surface area contributed by atoms with E-state index in [1.165, 1.54) is 5.56 Å². The highest BCUT2D eigenvalue weighted by atomic mass is 16.5. The molecule has 92 valence electrons. The fraction of sp³-hybridized carbons (Fsp3) is 0.267. The third-order valence-electron chi connectivity index (χ3n) is 3.30. The summed E-state index contributed by atoms with van der Waals surface area (Å²) in [6, 6.07) is 9.84. The molecule has 0 atom stereocenters. The standard InChI is InChI=1S/C15H15NO2/c1-10(2)11-5-6-15-13(8-11)16-7-3-4-12(16)14(17)9-18-15/h3-8,10H,9H2,1-2H3. The molecule has 2 heterocycles. The van der Waals surface area contributed by atoms with E-state index in [-0.39, 0.29) is 12.4 Å². The van der Waals surface area contributed by atoms with Crippen LogP contribution in [0.4, 0.5) is 0 Å². The largest absolute Gasteiger partial charge is 0.483 e. The van der Waals surface area contributed by atoms with Gasteiger partial charge in [-0.2, -0.15) is 0 Å². The van der Waals surface area contributed by atoms with Crippen LogP contribution in [0.5, 0.6) is 5.75 Å². The Balaban J connectivity index is 2.22. The van der Waals surface area contributed by atoms with Gasteiger partial charge in [0.05, 0.1) is 11.4 Å². The summed E-state index contributed by atoms with van der Waals surface area (Å²) in [6.45, 7) is 4.42. The van der Waals surface area contributed by atoms with Crippen molar-refractivity contribution < 1.29 is 9.53 Å². The van der Waals surface area contributed by atoms with E-state index in [0.29, 0.717) is 11.6 Å². The van der Waals surface area contributed by atoms with Crippen LogP contribution in [0.2, 0.25) is 0 Å². The lowest BCUT2D eigenvalue weighted by Gasteiger charge is -2.12. The van der Waals surface area contributed by atoms with Gasteiger partial charge in [0.2, 0.25) is 5.78 Å². The van der Waals surface area contributed by atoms with Gasteiger partial charge in [0, 0.05) is 6.20 Å². The van der Waals surface area contributed by atoms with Crippen LogP contribution in [0.1, 0.15) is 35.8 Å². The van der Waals surface area contributed by atoms with E-state index in [0.717, 1.165) is 11.4 Å². The van der Waals surface area contributed by atoms with E-state index in [1.807, 2.05) is 29.0 Å². The number of hydrogen-bond donors (Lipinski definition) is 0. The Hall–Kier alpha value is -2.03. The number of ether oxygens (including phenoxy) is 1. The second-order valence-corrected chi connectivity index (χ2v) is 4.86. The number of fused-ring (bicyclic) bond motifs is 3. The van der Waals surface area contributed by atoms with Crippen LogP contribution in [0.3, 0.4) is 0 Å². The van der Waals surface area contributed by atoms with Crippen molar-refractivity contribution >= 4 is 5.78 Å². The normalized spacial score (nSPS) is 13.8. The molecular weight excluding hydrogens is 226 g/mol. The van der Waals surface area contributed by atoms with Gasteiger partial charge >= 0.3 is 0 Å². The minimum absolute atomic E-state index is 0.0160. The molecule has 0 unspecified atom stereocenters. The molecule has 1 aliphatic heterocycles. The first-order valence-corrected chi connectivity index (χ1v) is 6.14. The summed E-state index contributed by atoms with van der Waals surface area (Å²) in [5.74, 6) is 1.23. The molecule has 0 saturated carbocycles. The third kappa shape index (κ3) is 1.63. The molecule has 0 radical (unpaired) electrons. The van der Waals surface area contributed by atoms with E-state index in [4.69, 9.17) is 4.74 Å². The van der Waals surface area contributed by atoms with Crippen LogP contribution in [0, 0.1) is 0 Å². The van der Waals surface area contributed by atoms with Gasteiger partial charge in [-0.05, 0) is 35.7 Å². The van der Waals surface area contributed by atoms with Crippen molar-refractivity contribution in [1.29, 1.82) is 0 Å². The third-order valence-corrected chi connectivity index (χ3v) is 3.30. The quantitative estimate of drug-likeness (QED) is 0.767. The number of benzene rings is 1. The Morgan fingerprint density at radius 2 is 2.11 bits per heavy atom. The molecular formula is C15H15NO2. The van der Waals surface area contributed by atoms with Crippen LogP contribution in [-0.4, -0.2) is 17.0 Å². The van der Waals surface area contributed by atoms with E-state index < -0.39 is 0 Å². The van der Waals surface area contributed by atoms with Crippen molar-refractivity contribution in [2.45, 2.75) is 19.8 Å². The van der Waals surface area contributed by atoms with Gasteiger partial charge in [-0.1, -0.05) is 19.9 Å². The molecule has 18 heavy (non-hydrogen) atoms. The van der Waals surface area contributed by atoms with Gasteiger partial charge in [-0.15, -0.1) is 0 Å². The fourth-order valence-corrected chi connectivity index (χ4v) is 2.24. The van der Waals surface area contributed by atoms with Crippen LogP contribution in [-0.2, 0) is 0 Å². The predicted molar refractivity (Wildman–Crippen MR) is 69.7 cm³/mol. The molecule has 0 spiro atoms. The zero-order valence-corrected chi connectivity index (χ0v) is 10.5. The van der Waals surface area contributed by atoms with Gasteiger partial charge in [-0.3, -0.25) is 4.79 Å². The number of ketones is 1. The summed E-state index contributed by atoms with van der Waals surface area (Å²) in [6.07, 6.45) is 1.91. The number of carbonyl (C=O) groups excluding carboxylic acids is 1. The summed E-state index contributed by atoms with van der Waals surface area (Å²) in [7, 11) is 0. The lowest BCUT2D eigenvalue weighted by atomic mass is 10.0. The first-order chi connectivity index (χ1) is 8.66. The van der Waals surface area contributed by atoms with Gasteiger partial charge in [0.1, 0.15) is 5.75 Å². The van der Waals surface area contributed by atoms with Crippen LogP contribution in [0.15, 0.2) is 36.5 Å². The number of nitrogens with zero attached hydrogens (tertiary/aromatic N) is 1. The molecule has 1 aliphatic rings. The topological polar surface area (TPSA) is 31.2 Å². The first kappa shape index (κ1) is 11.1. The summed E-state index contributed by atoms with van der Waals surface area (Å²) in [5.41, 5.74) is 2.88. The van der Waals surface area contributed by atoms with Crippen molar-refractivity contribution in [1.82, 2.24) is 4.57 Å². The Kier molecular flexibility index (Phi) is 2.47. The monoisotopic (exact) mass is 241 g/mol. The van der Waals surface area contributed by atoms with Crippen molar-refractivity contribution in [3.8, 4) is 11.4 Å². The van der Waals surface area contributed by atoms with Gasteiger partial charge < -0.3 is 9.30 Å².